The number of non-ortho nitro benzene ring substituents is 1. The van der Waals surface area contributed by atoms with Crippen LogP contribution in [0.25, 0.3) is 0 Å². The quantitative estimate of drug-likeness (QED) is 0.582. The highest BCUT2D eigenvalue weighted by Gasteiger charge is 2.31. The zero-order valence-electron chi connectivity index (χ0n) is 13.9. The molecule has 2 rings (SSSR count). The fourth-order valence-electron chi connectivity index (χ4n) is 2.30. The molecule has 0 saturated carbocycles. The number of rotatable bonds is 5. The predicted octanol–water partition coefficient (Wildman–Crippen LogP) is 4.33. The van der Waals surface area contributed by atoms with Crippen LogP contribution in [0.1, 0.15) is 28.9 Å². The molecular formula is C17H15F3N2O4. The van der Waals surface area contributed by atoms with Crippen molar-refractivity contribution < 1.29 is 27.6 Å². The number of benzene rings is 2. The van der Waals surface area contributed by atoms with Crippen LogP contribution in [-0.2, 0) is 0 Å². The van der Waals surface area contributed by atoms with Gasteiger partial charge in [0.15, 0.2) is 0 Å². The first-order chi connectivity index (χ1) is 12.1. The maximum absolute atomic E-state index is 12.5. The van der Waals surface area contributed by atoms with E-state index >= 15 is 0 Å². The maximum Gasteiger partial charge on any atom is 0.573 e. The first kappa shape index (κ1) is 19.2. The normalized spacial score (nSPS) is 12.3. The van der Waals surface area contributed by atoms with Crippen LogP contribution in [0.15, 0.2) is 48.5 Å². The summed E-state index contributed by atoms with van der Waals surface area (Å²) in [5.41, 5.74) is 0.634. The molecule has 9 heteroatoms. The van der Waals surface area contributed by atoms with Crippen molar-refractivity contribution in [2.24, 2.45) is 0 Å². The number of nitrogens with zero attached hydrogens (tertiary/aromatic N) is 2. The lowest BCUT2D eigenvalue weighted by molar-refractivity contribution is -0.384. The summed E-state index contributed by atoms with van der Waals surface area (Å²) in [5.74, 6) is -0.869. The van der Waals surface area contributed by atoms with Gasteiger partial charge < -0.3 is 9.64 Å². The van der Waals surface area contributed by atoms with Gasteiger partial charge in [-0.1, -0.05) is 12.1 Å². The Morgan fingerprint density at radius 2 is 1.81 bits per heavy atom. The first-order valence-electron chi connectivity index (χ1n) is 7.46. The molecular weight excluding hydrogens is 353 g/mol. The molecule has 0 saturated heterocycles. The number of hydrogen-bond acceptors (Lipinski definition) is 4. The Kier molecular flexibility index (Phi) is 5.49. The highest BCUT2D eigenvalue weighted by Crippen LogP contribution is 2.26. The molecule has 0 aliphatic carbocycles. The fourth-order valence-corrected chi connectivity index (χ4v) is 2.30. The SMILES string of the molecule is CC(c1cccc([N+](=O)[O-])c1)N(C)C(=O)c1ccc(OC(F)(F)F)cc1. The van der Waals surface area contributed by atoms with Gasteiger partial charge in [0.2, 0.25) is 0 Å². The van der Waals surface area contributed by atoms with Crippen molar-refractivity contribution in [3.8, 4) is 5.75 Å². The first-order valence-corrected chi connectivity index (χ1v) is 7.46. The number of ether oxygens (including phenoxy) is 1. The number of halogens is 3. The van der Waals surface area contributed by atoms with E-state index in [1.54, 1.807) is 13.0 Å². The van der Waals surface area contributed by atoms with Crippen molar-refractivity contribution in [3.05, 3.63) is 69.8 Å². The molecule has 0 N–H and O–H groups in total. The predicted molar refractivity (Wildman–Crippen MR) is 86.7 cm³/mol. The van der Waals surface area contributed by atoms with Gasteiger partial charge in [0.05, 0.1) is 11.0 Å². The van der Waals surface area contributed by atoms with E-state index < -0.39 is 29.0 Å². The average Bonchev–Trinajstić information content (AvgIpc) is 2.59. The lowest BCUT2D eigenvalue weighted by atomic mass is 10.1. The van der Waals surface area contributed by atoms with Gasteiger partial charge in [-0.2, -0.15) is 0 Å². The molecule has 2 aromatic carbocycles. The van der Waals surface area contributed by atoms with Crippen molar-refractivity contribution in [2.45, 2.75) is 19.3 Å². The van der Waals surface area contributed by atoms with Crippen molar-refractivity contribution in [1.29, 1.82) is 0 Å². The largest absolute Gasteiger partial charge is 0.573 e. The number of nitro benzene ring substituents is 1. The summed E-state index contributed by atoms with van der Waals surface area (Å²) < 4.78 is 40.3. The minimum atomic E-state index is -4.81. The third-order valence-electron chi connectivity index (χ3n) is 3.80. The van der Waals surface area contributed by atoms with Gasteiger partial charge in [-0.25, -0.2) is 0 Å². The van der Waals surface area contributed by atoms with Crippen LogP contribution in [0.4, 0.5) is 18.9 Å². The average molecular weight is 368 g/mol. The number of amides is 1. The molecule has 0 aliphatic heterocycles. The lowest BCUT2D eigenvalue weighted by Crippen LogP contribution is -2.29. The van der Waals surface area contributed by atoms with Crippen molar-refractivity contribution in [3.63, 3.8) is 0 Å². The lowest BCUT2D eigenvalue weighted by Gasteiger charge is -2.25. The van der Waals surface area contributed by atoms with E-state index in [1.807, 2.05) is 0 Å². The van der Waals surface area contributed by atoms with Gasteiger partial charge >= 0.3 is 6.36 Å². The standard InChI is InChI=1S/C17H15F3N2O4/c1-11(13-4-3-5-14(10-13)22(24)25)21(2)16(23)12-6-8-15(9-7-12)26-17(18,19)20/h3-11H,1-2H3. The van der Waals surface area contributed by atoms with Crippen molar-refractivity contribution in [2.75, 3.05) is 7.05 Å². The third kappa shape index (κ3) is 4.71. The summed E-state index contributed by atoms with van der Waals surface area (Å²) in [6.07, 6.45) is -4.81. The summed E-state index contributed by atoms with van der Waals surface area (Å²) in [6.45, 7) is 1.69. The van der Waals surface area contributed by atoms with Gasteiger partial charge in [-0.15, -0.1) is 13.2 Å². The molecule has 0 heterocycles. The van der Waals surface area contributed by atoms with Gasteiger partial charge in [0.1, 0.15) is 5.75 Å². The summed E-state index contributed by atoms with van der Waals surface area (Å²) in [5, 5.41) is 10.9. The van der Waals surface area contributed by atoms with Crippen LogP contribution in [0, 0.1) is 10.1 Å². The molecule has 1 unspecified atom stereocenters. The number of carbonyl (C=O) groups excluding carboxylic acids is 1. The number of alkyl halides is 3. The van der Waals surface area contributed by atoms with E-state index in [-0.39, 0.29) is 11.3 Å². The molecule has 6 nitrogen and oxygen atoms in total. The monoisotopic (exact) mass is 368 g/mol. The zero-order valence-corrected chi connectivity index (χ0v) is 13.9. The van der Waals surface area contributed by atoms with Crippen molar-refractivity contribution >= 4 is 11.6 Å². The fraction of sp³-hybridized carbons (Fsp3) is 0.235. The molecule has 0 spiro atoms. The molecule has 138 valence electrons. The van der Waals surface area contributed by atoms with Crippen LogP contribution in [0.2, 0.25) is 0 Å². The Morgan fingerprint density at radius 1 is 1.19 bits per heavy atom. The minimum Gasteiger partial charge on any atom is -0.406 e. The zero-order chi connectivity index (χ0) is 19.5. The second-order valence-corrected chi connectivity index (χ2v) is 5.52. The number of nitro groups is 1. The summed E-state index contributed by atoms with van der Waals surface area (Å²) in [7, 11) is 1.51. The van der Waals surface area contributed by atoms with E-state index in [0.29, 0.717) is 5.56 Å². The van der Waals surface area contributed by atoms with E-state index in [0.717, 1.165) is 12.1 Å². The smallest absolute Gasteiger partial charge is 0.406 e. The third-order valence-corrected chi connectivity index (χ3v) is 3.80. The Morgan fingerprint density at radius 3 is 2.35 bits per heavy atom. The molecule has 0 aliphatic rings. The van der Waals surface area contributed by atoms with Gasteiger partial charge in [0, 0.05) is 24.7 Å². The molecule has 1 amide bonds. The molecule has 0 aromatic heterocycles. The van der Waals surface area contributed by atoms with Gasteiger partial charge in [-0.05, 0) is 36.8 Å². The molecule has 0 radical (unpaired) electrons. The summed E-state index contributed by atoms with van der Waals surface area (Å²) >= 11 is 0. The Balaban J connectivity index is 2.15. The number of hydrogen-bond donors (Lipinski definition) is 0. The van der Waals surface area contributed by atoms with Crippen LogP contribution in [-0.4, -0.2) is 29.1 Å². The van der Waals surface area contributed by atoms with Crippen LogP contribution in [0.5, 0.6) is 5.75 Å². The molecule has 0 bridgehead atoms. The van der Waals surface area contributed by atoms with E-state index in [2.05, 4.69) is 4.74 Å². The van der Waals surface area contributed by atoms with Crippen LogP contribution >= 0.6 is 0 Å². The van der Waals surface area contributed by atoms with Crippen molar-refractivity contribution in [1.82, 2.24) is 4.90 Å². The molecule has 26 heavy (non-hydrogen) atoms. The Labute approximate surface area is 146 Å². The second kappa shape index (κ2) is 7.42. The summed E-state index contributed by atoms with van der Waals surface area (Å²) in [6, 6.07) is 9.95. The van der Waals surface area contributed by atoms with Gasteiger partial charge in [0.25, 0.3) is 11.6 Å². The highest BCUT2D eigenvalue weighted by molar-refractivity contribution is 5.94. The maximum atomic E-state index is 12.5. The van der Waals surface area contributed by atoms with E-state index in [1.165, 1.54) is 42.3 Å². The second-order valence-electron chi connectivity index (χ2n) is 5.52. The van der Waals surface area contributed by atoms with E-state index in [9.17, 15) is 28.1 Å². The Bertz CT molecular complexity index is 806. The van der Waals surface area contributed by atoms with Gasteiger partial charge in [-0.3, -0.25) is 14.9 Å². The molecule has 2 aromatic rings. The van der Waals surface area contributed by atoms with E-state index in [4.69, 9.17) is 0 Å². The highest BCUT2D eigenvalue weighted by atomic mass is 19.4. The summed E-state index contributed by atoms with van der Waals surface area (Å²) in [4.78, 5) is 24.2. The minimum absolute atomic E-state index is 0.0937. The van der Waals surface area contributed by atoms with Crippen LogP contribution in [0.3, 0.4) is 0 Å². The number of carbonyl (C=O) groups is 1. The topological polar surface area (TPSA) is 72.7 Å². The Hall–Kier alpha value is -3.10. The molecule has 0 fully saturated rings. The molecule has 1 atom stereocenters. The van der Waals surface area contributed by atoms with Crippen LogP contribution < -0.4 is 4.74 Å².